The van der Waals surface area contributed by atoms with Gasteiger partial charge in [0.1, 0.15) is 22.7 Å². The molecular formula is C24H22F3N3O7. The lowest BCUT2D eigenvalue weighted by molar-refractivity contribution is -0.386. The molecule has 0 radical (unpaired) electrons. The van der Waals surface area contributed by atoms with Crippen molar-refractivity contribution in [3.63, 3.8) is 0 Å². The number of nitrogens with one attached hydrogen (secondary N) is 2. The van der Waals surface area contributed by atoms with Crippen LogP contribution >= 0.6 is 0 Å². The van der Waals surface area contributed by atoms with Gasteiger partial charge < -0.3 is 14.5 Å². The number of hydrogen-bond acceptors (Lipinski definition) is 7. The summed E-state index contributed by atoms with van der Waals surface area (Å²) in [7, 11) is 0. The molecule has 37 heavy (non-hydrogen) atoms. The number of benzene rings is 2. The minimum Gasteiger partial charge on any atom is -0.462 e. The van der Waals surface area contributed by atoms with Gasteiger partial charge in [-0.2, -0.15) is 4.39 Å². The van der Waals surface area contributed by atoms with Crippen LogP contribution in [-0.4, -0.2) is 34.2 Å². The number of aromatic nitrogens is 1. The monoisotopic (exact) mass is 521 g/mol. The molecule has 0 atom stereocenters. The highest BCUT2D eigenvalue weighted by molar-refractivity contribution is 6.05. The average molecular weight is 521 g/mol. The van der Waals surface area contributed by atoms with E-state index in [9.17, 15) is 28.9 Å². The quantitative estimate of drug-likeness (QED) is 0.262. The van der Waals surface area contributed by atoms with Crippen LogP contribution in [0.4, 0.5) is 29.3 Å². The minimum atomic E-state index is -1.54. The fourth-order valence-electron chi connectivity index (χ4n) is 3.64. The number of aryl methyl sites for hydroxylation is 1. The van der Waals surface area contributed by atoms with Gasteiger partial charge in [-0.25, -0.2) is 18.4 Å². The third-order valence-electron chi connectivity index (χ3n) is 5.15. The van der Waals surface area contributed by atoms with Crippen LogP contribution in [0.2, 0.25) is 0 Å². The SMILES string of the molecule is CCOC(=O)c1c[nH]c2c(C)c(F)c([N+](=O)[O-])c(-c3ccc(F)c(NC(=O)OC(C)(C)C)c3F)c2c1=O. The predicted molar refractivity (Wildman–Crippen MR) is 127 cm³/mol. The van der Waals surface area contributed by atoms with E-state index in [1.165, 1.54) is 27.7 Å². The van der Waals surface area contributed by atoms with E-state index in [1.54, 1.807) is 0 Å². The molecule has 0 aliphatic rings. The van der Waals surface area contributed by atoms with E-state index in [2.05, 4.69) is 4.98 Å². The highest BCUT2D eigenvalue weighted by Gasteiger charge is 2.33. The number of carbonyl (C=O) groups is 2. The number of fused-ring (bicyclic) bond motifs is 1. The fraction of sp³-hybridized carbons (Fsp3) is 0.292. The summed E-state index contributed by atoms with van der Waals surface area (Å²) < 4.78 is 55.2. The number of nitro groups is 1. The number of aromatic amines is 1. The molecule has 0 bridgehead atoms. The number of H-pyrrole nitrogens is 1. The first kappa shape index (κ1) is 27.2. The Balaban J connectivity index is 2.44. The molecule has 1 aromatic heterocycles. The summed E-state index contributed by atoms with van der Waals surface area (Å²) in [6.07, 6.45) is -0.291. The van der Waals surface area contributed by atoms with Gasteiger partial charge in [0, 0.05) is 17.3 Å². The lowest BCUT2D eigenvalue weighted by atomic mass is 9.93. The molecular weight excluding hydrogens is 499 g/mol. The molecule has 0 spiro atoms. The molecule has 3 aromatic rings. The van der Waals surface area contributed by atoms with E-state index >= 15 is 8.78 Å². The van der Waals surface area contributed by atoms with Gasteiger partial charge in [-0.1, -0.05) is 0 Å². The summed E-state index contributed by atoms with van der Waals surface area (Å²) in [6.45, 7) is 7.05. The van der Waals surface area contributed by atoms with Gasteiger partial charge in [0.05, 0.1) is 28.0 Å². The number of halogens is 3. The molecule has 0 aliphatic carbocycles. The van der Waals surface area contributed by atoms with Crippen molar-refractivity contribution in [2.75, 3.05) is 11.9 Å². The van der Waals surface area contributed by atoms with Gasteiger partial charge in [-0.3, -0.25) is 20.2 Å². The van der Waals surface area contributed by atoms with Crippen molar-refractivity contribution in [1.82, 2.24) is 4.98 Å². The molecule has 13 heteroatoms. The number of pyridine rings is 1. The second-order valence-electron chi connectivity index (χ2n) is 8.83. The van der Waals surface area contributed by atoms with Crippen molar-refractivity contribution in [3.8, 4) is 11.1 Å². The Morgan fingerprint density at radius 1 is 1.16 bits per heavy atom. The Labute approximate surface area is 207 Å². The summed E-state index contributed by atoms with van der Waals surface area (Å²) >= 11 is 0. The van der Waals surface area contributed by atoms with Crippen LogP contribution in [0.5, 0.6) is 0 Å². The summed E-state index contributed by atoms with van der Waals surface area (Å²) in [6, 6.07) is 1.42. The predicted octanol–water partition coefficient (Wildman–Crippen LogP) is 5.35. The number of nitrogens with zero attached hydrogens (tertiary/aromatic N) is 1. The Bertz CT molecular complexity index is 1510. The molecule has 1 amide bonds. The number of rotatable bonds is 5. The lowest BCUT2D eigenvalue weighted by Crippen LogP contribution is -2.28. The second kappa shape index (κ2) is 9.91. The van der Waals surface area contributed by atoms with E-state index in [1.807, 2.05) is 5.32 Å². The molecule has 2 N–H and O–H groups in total. The summed E-state index contributed by atoms with van der Waals surface area (Å²) in [5.74, 6) is -5.28. The summed E-state index contributed by atoms with van der Waals surface area (Å²) in [5.41, 5.74) is -7.31. The van der Waals surface area contributed by atoms with Crippen LogP contribution in [-0.2, 0) is 9.47 Å². The van der Waals surface area contributed by atoms with Crippen molar-refractivity contribution in [2.45, 2.75) is 40.2 Å². The number of ether oxygens (including phenoxy) is 2. The molecule has 0 fully saturated rings. The maximum absolute atomic E-state index is 15.7. The Kier molecular flexibility index (Phi) is 7.28. The van der Waals surface area contributed by atoms with Gasteiger partial charge in [0.15, 0.2) is 5.82 Å². The highest BCUT2D eigenvalue weighted by atomic mass is 19.1. The maximum atomic E-state index is 15.7. The highest BCUT2D eigenvalue weighted by Crippen LogP contribution is 2.42. The van der Waals surface area contributed by atoms with Crippen molar-refractivity contribution >= 4 is 34.3 Å². The smallest absolute Gasteiger partial charge is 0.412 e. The van der Waals surface area contributed by atoms with E-state index in [0.29, 0.717) is 6.07 Å². The lowest BCUT2D eigenvalue weighted by Gasteiger charge is -2.20. The Morgan fingerprint density at radius 3 is 2.38 bits per heavy atom. The molecule has 0 aliphatic heterocycles. The largest absolute Gasteiger partial charge is 0.462 e. The number of hydrogen-bond donors (Lipinski definition) is 2. The van der Waals surface area contributed by atoms with Gasteiger partial charge in [-0.05, 0) is 46.8 Å². The van der Waals surface area contributed by atoms with Crippen LogP contribution in [0.25, 0.3) is 22.0 Å². The van der Waals surface area contributed by atoms with Gasteiger partial charge in [0.25, 0.3) is 0 Å². The molecule has 196 valence electrons. The average Bonchev–Trinajstić information content (AvgIpc) is 2.78. The van der Waals surface area contributed by atoms with E-state index < -0.39 is 78.9 Å². The summed E-state index contributed by atoms with van der Waals surface area (Å²) in [5, 5.41) is 13.2. The van der Waals surface area contributed by atoms with E-state index in [4.69, 9.17) is 9.47 Å². The fourth-order valence-corrected chi connectivity index (χ4v) is 3.64. The summed E-state index contributed by atoms with van der Waals surface area (Å²) in [4.78, 5) is 51.1. The standard InChI is InChI=1S/C24H22F3N3O7/c1-6-36-22(32)12-9-28-18-10(2)16(26)20(30(34)35)14(15(18)21(12)31)11-7-8-13(25)19(17(11)27)29-23(33)37-24(3,4)5/h7-9H,6H2,1-5H3,(H,28,31)(H,29,33). The molecule has 0 saturated heterocycles. The Morgan fingerprint density at radius 2 is 1.81 bits per heavy atom. The number of anilines is 1. The van der Waals surface area contributed by atoms with Crippen molar-refractivity contribution in [1.29, 1.82) is 0 Å². The molecule has 2 aromatic carbocycles. The molecule has 0 saturated carbocycles. The molecule has 10 nitrogen and oxygen atoms in total. The first-order valence-electron chi connectivity index (χ1n) is 10.9. The van der Waals surface area contributed by atoms with Crippen molar-refractivity contribution < 1.29 is 37.2 Å². The van der Waals surface area contributed by atoms with Crippen LogP contribution in [0.1, 0.15) is 43.6 Å². The van der Waals surface area contributed by atoms with E-state index in [-0.39, 0.29) is 17.7 Å². The first-order chi connectivity index (χ1) is 17.2. The first-order valence-corrected chi connectivity index (χ1v) is 10.9. The van der Waals surface area contributed by atoms with Gasteiger partial charge >= 0.3 is 17.7 Å². The maximum Gasteiger partial charge on any atom is 0.412 e. The van der Waals surface area contributed by atoms with Crippen LogP contribution in [0.15, 0.2) is 23.1 Å². The molecule has 1 heterocycles. The van der Waals surface area contributed by atoms with Crippen LogP contribution in [0.3, 0.4) is 0 Å². The molecule has 0 unspecified atom stereocenters. The second-order valence-corrected chi connectivity index (χ2v) is 8.83. The Hall–Kier alpha value is -4.42. The topological polar surface area (TPSA) is 141 Å². The number of esters is 1. The van der Waals surface area contributed by atoms with Crippen molar-refractivity contribution in [2.24, 2.45) is 0 Å². The normalized spacial score (nSPS) is 11.4. The van der Waals surface area contributed by atoms with Gasteiger partial charge in [-0.15, -0.1) is 0 Å². The third-order valence-corrected chi connectivity index (χ3v) is 5.15. The van der Waals surface area contributed by atoms with Crippen LogP contribution in [0, 0.1) is 34.5 Å². The van der Waals surface area contributed by atoms with Gasteiger partial charge in [0.2, 0.25) is 11.2 Å². The van der Waals surface area contributed by atoms with Crippen molar-refractivity contribution in [3.05, 3.63) is 67.2 Å². The zero-order valence-corrected chi connectivity index (χ0v) is 20.4. The third kappa shape index (κ3) is 5.10. The zero-order valence-electron chi connectivity index (χ0n) is 20.4. The van der Waals surface area contributed by atoms with Crippen LogP contribution < -0.4 is 10.7 Å². The molecule has 3 rings (SSSR count). The zero-order chi connectivity index (χ0) is 27.8. The number of carbonyl (C=O) groups excluding carboxylic acids is 2. The minimum absolute atomic E-state index is 0.0992. The number of nitro benzene ring substituents is 1. The number of amides is 1. The van der Waals surface area contributed by atoms with E-state index in [0.717, 1.165) is 19.2 Å².